The molecule has 0 spiro atoms. The monoisotopic (exact) mass is 508 g/mol. The van der Waals surface area contributed by atoms with Crippen LogP contribution in [0.15, 0.2) is 30.6 Å². The molecule has 0 radical (unpaired) electrons. The van der Waals surface area contributed by atoms with Gasteiger partial charge in [0, 0.05) is 37.2 Å². The molecule has 4 rings (SSSR count). The van der Waals surface area contributed by atoms with Gasteiger partial charge in [0.15, 0.2) is 11.5 Å². The molecule has 2 atom stereocenters. The van der Waals surface area contributed by atoms with Crippen LogP contribution >= 0.6 is 0 Å². The number of ether oxygens (including phenoxy) is 2. The van der Waals surface area contributed by atoms with Crippen molar-refractivity contribution >= 4 is 23.7 Å². The van der Waals surface area contributed by atoms with Crippen LogP contribution in [0.1, 0.15) is 50.0 Å². The summed E-state index contributed by atoms with van der Waals surface area (Å²) >= 11 is 0. The summed E-state index contributed by atoms with van der Waals surface area (Å²) in [6, 6.07) is 5.46. The number of anilines is 1. The van der Waals surface area contributed by atoms with E-state index in [1.807, 2.05) is 12.1 Å². The number of aromatic amines is 1. The lowest BCUT2D eigenvalue weighted by Gasteiger charge is -2.30. The smallest absolute Gasteiger partial charge is 0.472 e. The average molecular weight is 508 g/mol. The Labute approximate surface area is 205 Å². The predicted molar refractivity (Wildman–Crippen MR) is 121 cm³/mol. The molecule has 2 N–H and O–H groups in total. The van der Waals surface area contributed by atoms with E-state index in [0.717, 1.165) is 37.4 Å². The van der Waals surface area contributed by atoms with Crippen LogP contribution in [0.4, 0.5) is 19.1 Å². The quantitative estimate of drug-likeness (QED) is 0.592. The number of methoxy groups -OCH3 is 1. The van der Waals surface area contributed by atoms with Crippen molar-refractivity contribution in [3.8, 4) is 11.5 Å². The fourth-order valence-electron chi connectivity index (χ4n) is 4.69. The number of aromatic nitrogens is 2. The third-order valence-electron chi connectivity index (χ3n) is 6.53. The van der Waals surface area contributed by atoms with Crippen LogP contribution in [-0.4, -0.2) is 53.6 Å². The summed E-state index contributed by atoms with van der Waals surface area (Å²) in [5, 5.41) is 2.73. The van der Waals surface area contributed by atoms with Gasteiger partial charge in [-0.3, -0.25) is 14.4 Å². The first-order valence-electron chi connectivity index (χ1n) is 11.7. The van der Waals surface area contributed by atoms with Crippen LogP contribution in [0.3, 0.4) is 0 Å². The second kappa shape index (κ2) is 10.6. The number of carbonyl (C=O) groups is 3. The van der Waals surface area contributed by atoms with E-state index in [2.05, 4.69) is 15.3 Å². The molecule has 1 aliphatic carbocycles. The number of nitrogens with zero attached hydrogens (tertiary/aromatic N) is 2. The van der Waals surface area contributed by atoms with Crippen LogP contribution in [0.2, 0.25) is 0 Å². The van der Waals surface area contributed by atoms with E-state index < -0.39 is 42.2 Å². The largest absolute Gasteiger partial charge is 0.493 e. The summed E-state index contributed by atoms with van der Waals surface area (Å²) in [6.45, 7) is 0.294. The number of carbonyl (C=O) groups excluding carboxylic acids is 3. The van der Waals surface area contributed by atoms with Crippen molar-refractivity contribution in [2.75, 3.05) is 18.6 Å². The molecule has 1 aromatic carbocycles. The van der Waals surface area contributed by atoms with E-state index in [9.17, 15) is 27.6 Å². The van der Waals surface area contributed by atoms with Crippen molar-refractivity contribution in [2.45, 2.75) is 56.7 Å². The van der Waals surface area contributed by atoms with Crippen molar-refractivity contribution in [3.05, 3.63) is 36.2 Å². The number of piperidine rings is 1. The third kappa shape index (κ3) is 5.63. The second-order valence-electron chi connectivity index (χ2n) is 8.96. The normalized spacial score (nSPS) is 20.6. The van der Waals surface area contributed by atoms with Gasteiger partial charge in [0.05, 0.1) is 13.2 Å². The first-order valence-corrected chi connectivity index (χ1v) is 11.7. The van der Waals surface area contributed by atoms with E-state index in [4.69, 9.17) is 9.47 Å². The Kier molecular flexibility index (Phi) is 7.51. The molecule has 9 nitrogen and oxygen atoms in total. The summed E-state index contributed by atoms with van der Waals surface area (Å²) in [6.07, 6.45) is 0.856. The number of nitrogens with one attached hydrogen (secondary N) is 2. The number of hydrogen-bond acceptors (Lipinski definition) is 6. The molecular formula is C24H27F3N4O5. The number of benzene rings is 1. The maximum absolute atomic E-state index is 13.1. The summed E-state index contributed by atoms with van der Waals surface area (Å²) in [5.41, 5.74) is 0.843. The first-order chi connectivity index (χ1) is 17.2. The lowest BCUT2D eigenvalue weighted by molar-refractivity contribution is -0.171. The number of rotatable bonds is 7. The van der Waals surface area contributed by atoms with Gasteiger partial charge in [0.25, 0.3) is 0 Å². The molecule has 1 aromatic heterocycles. The number of hydrogen-bond donors (Lipinski definition) is 2. The molecule has 2 aliphatic rings. The van der Waals surface area contributed by atoms with Gasteiger partial charge in [0.1, 0.15) is 0 Å². The highest BCUT2D eigenvalue weighted by molar-refractivity contribution is 6.16. The molecule has 1 saturated heterocycles. The Morgan fingerprint density at radius 2 is 1.94 bits per heavy atom. The molecule has 2 aromatic rings. The van der Waals surface area contributed by atoms with Gasteiger partial charge < -0.3 is 19.8 Å². The number of halogens is 3. The first kappa shape index (κ1) is 25.5. The molecule has 1 aliphatic heterocycles. The number of amides is 3. The summed E-state index contributed by atoms with van der Waals surface area (Å²) in [5.74, 6) is -4.55. The van der Waals surface area contributed by atoms with E-state index in [0.29, 0.717) is 18.0 Å². The van der Waals surface area contributed by atoms with Gasteiger partial charge in [0.2, 0.25) is 17.8 Å². The zero-order chi connectivity index (χ0) is 25.9. The van der Waals surface area contributed by atoms with Gasteiger partial charge in [-0.25, -0.2) is 9.88 Å². The number of H-pyrrole nitrogens is 1. The van der Waals surface area contributed by atoms with E-state index in [-0.39, 0.29) is 23.3 Å². The Bertz CT molecular complexity index is 1100. The molecule has 0 bridgehead atoms. The van der Waals surface area contributed by atoms with Gasteiger partial charge >= 0.3 is 12.1 Å². The van der Waals surface area contributed by atoms with Crippen LogP contribution < -0.4 is 19.7 Å². The Morgan fingerprint density at radius 3 is 2.58 bits per heavy atom. The number of imide groups is 1. The minimum absolute atomic E-state index is 0.0577. The van der Waals surface area contributed by atoms with Crippen LogP contribution in [0.5, 0.6) is 11.5 Å². The van der Waals surface area contributed by atoms with Crippen molar-refractivity contribution in [3.63, 3.8) is 0 Å². The third-order valence-corrected chi connectivity index (χ3v) is 6.53. The Morgan fingerprint density at radius 1 is 1.19 bits per heavy atom. The molecule has 2 fully saturated rings. The molecule has 12 heteroatoms. The number of alkyl halides is 3. The number of imidazole rings is 1. The second-order valence-corrected chi connectivity index (χ2v) is 8.96. The zero-order valence-electron chi connectivity index (χ0n) is 19.6. The van der Waals surface area contributed by atoms with Crippen molar-refractivity contribution in [2.24, 2.45) is 5.92 Å². The highest BCUT2D eigenvalue weighted by Crippen LogP contribution is 2.37. The molecule has 36 heavy (non-hydrogen) atoms. The van der Waals surface area contributed by atoms with Gasteiger partial charge in [-0.1, -0.05) is 6.07 Å². The van der Waals surface area contributed by atoms with Gasteiger partial charge in [-0.2, -0.15) is 13.2 Å². The fraction of sp³-hybridized carbons (Fsp3) is 0.500. The lowest BCUT2D eigenvalue weighted by Crippen LogP contribution is -2.48. The molecular weight excluding hydrogens is 481 g/mol. The van der Waals surface area contributed by atoms with Crippen LogP contribution in [-0.2, 0) is 14.4 Å². The fourth-order valence-corrected chi connectivity index (χ4v) is 4.69. The van der Waals surface area contributed by atoms with Crippen molar-refractivity contribution in [1.82, 2.24) is 15.3 Å². The highest BCUT2D eigenvalue weighted by atomic mass is 19.4. The van der Waals surface area contributed by atoms with Crippen molar-refractivity contribution in [1.29, 1.82) is 0 Å². The Hall–Kier alpha value is -3.57. The molecule has 194 valence electrons. The van der Waals surface area contributed by atoms with Crippen LogP contribution in [0.25, 0.3) is 0 Å². The SMILES string of the molecule is COc1ccc([C@H]2CNC(=O)[C@H](CC(=O)N(C(=O)C(F)(F)F)c3ncc[nH]3)C2)cc1OC1CCCC1. The zero-order valence-corrected chi connectivity index (χ0v) is 19.6. The standard InChI is InChI=1S/C24H27F3N4O5/c1-35-18-7-6-14(11-19(18)36-17-4-2-3-5-17)16-10-15(21(33)30-13-16)12-20(32)31(22(34)24(25,26)27)23-28-8-9-29-23/h6-9,11,15-17H,2-5,10,12-13H2,1H3,(H,28,29)(H,30,33)/t15-,16+/m0/s1. The lowest BCUT2D eigenvalue weighted by atomic mass is 9.83. The average Bonchev–Trinajstić information content (AvgIpc) is 3.55. The predicted octanol–water partition coefficient (Wildman–Crippen LogP) is 3.47. The maximum Gasteiger partial charge on any atom is 0.472 e. The van der Waals surface area contributed by atoms with Crippen LogP contribution in [0, 0.1) is 5.92 Å². The Balaban J connectivity index is 1.51. The molecule has 2 heterocycles. The minimum Gasteiger partial charge on any atom is -0.493 e. The minimum atomic E-state index is -5.29. The molecule has 3 amide bonds. The molecule has 0 unspecified atom stereocenters. The van der Waals surface area contributed by atoms with E-state index >= 15 is 0 Å². The van der Waals surface area contributed by atoms with E-state index in [1.165, 1.54) is 6.20 Å². The van der Waals surface area contributed by atoms with Gasteiger partial charge in [-0.15, -0.1) is 0 Å². The summed E-state index contributed by atoms with van der Waals surface area (Å²) in [7, 11) is 1.55. The van der Waals surface area contributed by atoms with Gasteiger partial charge in [-0.05, 0) is 49.8 Å². The summed E-state index contributed by atoms with van der Waals surface area (Å²) in [4.78, 5) is 43.2. The van der Waals surface area contributed by atoms with E-state index in [1.54, 1.807) is 13.2 Å². The highest BCUT2D eigenvalue weighted by Gasteiger charge is 2.47. The topological polar surface area (TPSA) is 114 Å². The van der Waals surface area contributed by atoms with Crippen molar-refractivity contribution < 1.29 is 37.0 Å². The maximum atomic E-state index is 13.1. The summed E-state index contributed by atoms with van der Waals surface area (Å²) < 4.78 is 51.0. The molecule has 1 saturated carbocycles.